The molecular weight excluding hydrogens is 224 g/mol. The van der Waals surface area contributed by atoms with Crippen molar-refractivity contribution in [2.45, 2.75) is 47.3 Å². The first-order valence-corrected chi connectivity index (χ1v) is 6.81. The molecule has 1 unspecified atom stereocenters. The molecule has 1 rings (SSSR count). The van der Waals surface area contributed by atoms with Gasteiger partial charge in [0.2, 0.25) is 5.88 Å². The van der Waals surface area contributed by atoms with Gasteiger partial charge in [-0.15, -0.1) is 0 Å². The molecule has 0 saturated heterocycles. The van der Waals surface area contributed by atoms with E-state index in [0.717, 1.165) is 13.1 Å². The molecule has 1 aromatic rings. The van der Waals surface area contributed by atoms with Crippen molar-refractivity contribution in [2.24, 2.45) is 11.8 Å². The summed E-state index contributed by atoms with van der Waals surface area (Å²) in [5, 5.41) is 3.40. The standard InChI is InChI=1S/C15H26N2O/c1-11(2)8-16-9-14-6-7-15(17-10-14)18-13(5)12(3)4/h6-7,10-13,16H,8-9H2,1-5H3. The predicted octanol–water partition coefficient (Wildman–Crippen LogP) is 3.25. The molecule has 0 spiro atoms. The number of hydrogen-bond acceptors (Lipinski definition) is 3. The Morgan fingerprint density at radius 2 is 1.89 bits per heavy atom. The fourth-order valence-corrected chi connectivity index (χ4v) is 1.42. The zero-order valence-electron chi connectivity index (χ0n) is 12.2. The van der Waals surface area contributed by atoms with Crippen LogP contribution in [0.1, 0.15) is 40.2 Å². The Kier molecular flexibility index (Phi) is 6.13. The molecule has 0 bridgehead atoms. The molecule has 0 aromatic carbocycles. The van der Waals surface area contributed by atoms with Crippen LogP contribution in [-0.2, 0) is 6.54 Å². The minimum Gasteiger partial charge on any atom is -0.474 e. The highest BCUT2D eigenvalue weighted by molar-refractivity contribution is 5.17. The van der Waals surface area contributed by atoms with Gasteiger partial charge in [0.15, 0.2) is 0 Å². The minimum atomic E-state index is 0.197. The SMILES string of the molecule is CC(C)CNCc1ccc(OC(C)C(C)C)nc1. The van der Waals surface area contributed by atoms with Crippen molar-refractivity contribution >= 4 is 0 Å². The van der Waals surface area contributed by atoms with Crippen molar-refractivity contribution in [1.82, 2.24) is 10.3 Å². The Balaban J connectivity index is 2.42. The molecule has 0 amide bonds. The second kappa shape index (κ2) is 7.37. The summed E-state index contributed by atoms with van der Waals surface area (Å²) in [6.45, 7) is 12.7. The number of rotatable bonds is 7. The predicted molar refractivity (Wildman–Crippen MR) is 75.7 cm³/mol. The van der Waals surface area contributed by atoms with Crippen LogP contribution in [0.3, 0.4) is 0 Å². The Morgan fingerprint density at radius 1 is 1.17 bits per heavy atom. The topological polar surface area (TPSA) is 34.1 Å². The smallest absolute Gasteiger partial charge is 0.213 e. The quantitative estimate of drug-likeness (QED) is 0.806. The molecule has 0 aliphatic carbocycles. The van der Waals surface area contributed by atoms with Crippen molar-refractivity contribution in [1.29, 1.82) is 0 Å². The fraction of sp³-hybridized carbons (Fsp3) is 0.667. The van der Waals surface area contributed by atoms with Crippen LogP contribution in [0.4, 0.5) is 0 Å². The lowest BCUT2D eigenvalue weighted by Gasteiger charge is -2.17. The maximum Gasteiger partial charge on any atom is 0.213 e. The molecule has 102 valence electrons. The summed E-state index contributed by atoms with van der Waals surface area (Å²) in [6, 6.07) is 4.02. The number of aromatic nitrogens is 1. The maximum atomic E-state index is 5.74. The molecule has 0 saturated carbocycles. The number of hydrogen-bond donors (Lipinski definition) is 1. The van der Waals surface area contributed by atoms with Gasteiger partial charge in [0.1, 0.15) is 0 Å². The van der Waals surface area contributed by atoms with Gasteiger partial charge in [0, 0.05) is 18.8 Å². The van der Waals surface area contributed by atoms with Crippen molar-refractivity contribution in [2.75, 3.05) is 6.54 Å². The Hall–Kier alpha value is -1.09. The van der Waals surface area contributed by atoms with Gasteiger partial charge in [-0.2, -0.15) is 0 Å². The lowest BCUT2D eigenvalue weighted by atomic mass is 10.1. The molecule has 1 heterocycles. The van der Waals surface area contributed by atoms with E-state index in [4.69, 9.17) is 4.74 Å². The summed E-state index contributed by atoms with van der Waals surface area (Å²) in [5.41, 5.74) is 1.19. The van der Waals surface area contributed by atoms with Gasteiger partial charge in [0.25, 0.3) is 0 Å². The molecule has 18 heavy (non-hydrogen) atoms. The van der Waals surface area contributed by atoms with E-state index in [1.165, 1.54) is 5.56 Å². The highest BCUT2D eigenvalue weighted by atomic mass is 16.5. The van der Waals surface area contributed by atoms with Crippen LogP contribution in [0, 0.1) is 11.8 Å². The van der Waals surface area contributed by atoms with Crippen LogP contribution in [0.15, 0.2) is 18.3 Å². The molecule has 0 radical (unpaired) electrons. The van der Waals surface area contributed by atoms with E-state index >= 15 is 0 Å². The summed E-state index contributed by atoms with van der Waals surface area (Å²) < 4.78 is 5.74. The average molecular weight is 250 g/mol. The third-order valence-electron chi connectivity index (χ3n) is 2.92. The number of nitrogens with one attached hydrogen (secondary N) is 1. The molecular formula is C15H26N2O. The average Bonchev–Trinajstić information content (AvgIpc) is 2.30. The number of nitrogens with zero attached hydrogens (tertiary/aromatic N) is 1. The Morgan fingerprint density at radius 3 is 2.39 bits per heavy atom. The van der Waals surface area contributed by atoms with Crippen molar-refractivity contribution < 1.29 is 4.74 Å². The zero-order valence-corrected chi connectivity index (χ0v) is 12.2. The highest BCUT2D eigenvalue weighted by Crippen LogP contribution is 2.13. The molecule has 0 aliphatic heterocycles. The molecule has 1 aromatic heterocycles. The molecule has 1 N–H and O–H groups in total. The molecule has 3 nitrogen and oxygen atoms in total. The Labute approximate surface area is 111 Å². The highest BCUT2D eigenvalue weighted by Gasteiger charge is 2.09. The zero-order chi connectivity index (χ0) is 13.5. The van der Waals surface area contributed by atoms with Crippen LogP contribution < -0.4 is 10.1 Å². The van der Waals surface area contributed by atoms with Gasteiger partial charge < -0.3 is 10.1 Å². The summed E-state index contributed by atoms with van der Waals surface area (Å²) in [5.74, 6) is 1.88. The molecule has 1 atom stereocenters. The van der Waals surface area contributed by atoms with Gasteiger partial charge in [-0.25, -0.2) is 4.98 Å². The normalized spacial score (nSPS) is 13.1. The first-order chi connectivity index (χ1) is 8.49. The first kappa shape index (κ1) is 15.0. The first-order valence-electron chi connectivity index (χ1n) is 6.81. The van der Waals surface area contributed by atoms with Gasteiger partial charge in [-0.3, -0.25) is 0 Å². The second-order valence-electron chi connectivity index (χ2n) is 5.60. The van der Waals surface area contributed by atoms with Crippen molar-refractivity contribution in [3.63, 3.8) is 0 Å². The van der Waals surface area contributed by atoms with E-state index in [1.807, 2.05) is 12.3 Å². The molecule has 3 heteroatoms. The Bertz CT molecular complexity index is 333. The van der Waals surface area contributed by atoms with E-state index in [-0.39, 0.29) is 6.10 Å². The van der Waals surface area contributed by atoms with Gasteiger partial charge in [-0.05, 0) is 30.9 Å². The van der Waals surface area contributed by atoms with Crippen molar-refractivity contribution in [3.8, 4) is 5.88 Å². The van der Waals surface area contributed by atoms with Crippen LogP contribution in [0.25, 0.3) is 0 Å². The van der Waals surface area contributed by atoms with Crippen LogP contribution in [0.5, 0.6) is 5.88 Å². The number of pyridine rings is 1. The van der Waals surface area contributed by atoms with Crippen LogP contribution in [0.2, 0.25) is 0 Å². The van der Waals surface area contributed by atoms with E-state index in [0.29, 0.717) is 17.7 Å². The lowest BCUT2D eigenvalue weighted by molar-refractivity contribution is 0.163. The van der Waals surface area contributed by atoms with E-state index in [9.17, 15) is 0 Å². The van der Waals surface area contributed by atoms with Gasteiger partial charge >= 0.3 is 0 Å². The van der Waals surface area contributed by atoms with E-state index in [2.05, 4.69) is 51.0 Å². The third-order valence-corrected chi connectivity index (χ3v) is 2.92. The van der Waals surface area contributed by atoms with E-state index in [1.54, 1.807) is 0 Å². The van der Waals surface area contributed by atoms with Crippen LogP contribution >= 0.6 is 0 Å². The summed E-state index contributed by atoms with van der Waals surface area (Å²) in [4.78, 5) is 4.34. The largest absolute Gasteiger partial charge is 0.474 e. The van der Waals surface area contributed by atoms with Crippen LogP contribution in [-0.4, -0.2) is 17.6 Å². The summed E-state index contributed by atoms with van der Waals surface area (Å²) in [7, 11) is 0. The third kappa shape index (κ3) is 5.50. The minimum absolute atomic E-state index is 0.197. The fourth-order valence-electron chi connectivity index (χ4n) is 1.42. The van der Waals surface area contributed by atoms with E-state index < -0.39 is 0 Å². The number of ether oxygens (including phenoxy) is 1. The monoisotopic (exact) mass is 250 g/mol. The van der Waals surface area contributed by atoms with Gasteiger partial charge in [0.05, 0.1) is 6.10 Å². The summed E-state index contributed by atoms with van der Waals surface area (Å²) in [6.07, 6.45) is 2.08. The maximum absolute atomic E-state index is 5.74. The molecule has 0 fully saturated rings. The molecule has 0 aliphatic rings. The second-order valence-corrected chi connectivity index (χ2v) is 5.60. The lowest BCUT2D eigenvalue weighted by Crippen LogP contribution is -2.20. The summed E-state index contributed by atoms with van der Waals surface area (Å²) >= 11 is 0. The van der Waals surface area contributed by atoms with Gasteiger partial charge in [-0.1, -0.05) is 33.8 Å². The van der Waals surface area contributed by atoms with Crippen molar-refractivity contribution in [3.05, 3.63) is 23.9 Å².